The summed E-state index contributed by atoms with van der Waals surface area (Å²) in [6.45, 7) is 4.28. The zero-order valence-corrected chi connectivity index (χ0v) is 16.5. The van der Waals surface area contributed by atoms with Gasteiger partial charge in [-0.05, 0) is 37.1 Å². The number of aliphatic imine (C=N–C) groups is 1. The van der Waals surface area contributed by atoms with Gasteiger partial charge in [0.1, 0.15) is 0 Å². The van der Waals surface area contributed by atoms with Crippen LogP contribution in [0.1, 0.15) is 34.8 Å². The van der Waals surface area contributed by atoms with Crippen LogP contribution in [0, 0.1) is 6.92 Å². The summed E-state index contributed by atoms with van der Waals surface area (Å²) in [6.07, 6.45) is 2.31. The normalized spacial score (nSPS) is 14.7. The number of hydrogen-bond donors (Lipinski definition) is 1. The first-order chi connectivity index (χ1) is 12.9. The zero-order valence-electron chi connectivity index (χ0n) is 15.0. The SMILES string of the molecule is CCCNC(=O)C1=CC(=Nc2cc(Cl)c(C)c(Cl)c2)c2ccccc2C1=O. The van der Waals surface area contributed by atoms with Gasteiger partial charge in [-0.1, -0.05) is 54.4 Å². The Labute approximate surface area is 167 Å². The van der Waals surface area contributed by atoms with E-state index in [4.69, 9.17) is 23.2 Å². The molecule has 0 atom stereocenters. The van der Waals surface area contributed by atoms with Crippen LogP contribution < -0.4 is 5.32 Å². The van der Waals surface area contributed by atoms with Crippen LogP contribution in [0.25, 0.3) is 0 Å². The molecule has 2 aromatic rings. The van der Waals surface area contributed by atoms with Gasteiger partial charge >= 0.3 is 0 Å². The van der Waals surface area contributed by atoms with Gasteiger partial charge in [-0.2, -0.15) is 0 Å². The highest BCUT2D eigenvalue weighted by atomic mass is 35.5. The van der Waals surface area contributed by atoms with Gasteiger partial charge in [0, 0.05) is 27.7 Å². The summed E-state index contributed by atoms with van der Waals surface area (Å²) < 4.78 is 0. The van der Waals surface area contributed by atoms with E-state index < -0.39 is 5.91 Å². The second-order valence-corrected chi connectivity index (χ2v) is 7.03. The van der Waals surface area contributed by atoms with Gasteiger partial charge < -0.3 is 5.32 Å². The number of hydrogen-bond acceptors (Lipinski definition) is 3. The number of benzene rings is 2. The Morgan fingerprint density at radius 2 is 1.74 bits per heavy atom. The van der Waals surface area contributed by atoms with E-state index in [1.807, 2.05) is 19.9 Å². The first-order valence-electron chi connectivity index (χ1n) is 8.60. The quantitative estimate of drug-likeness (QED) is 0.727. The molecule has 27 heavy (non-hydrogen) atoms. The molecule has 1 N–H and O–H groups in total. The largest absolute Gasteiger partial charge is 0.352 e. The summed E-state index contributed by atoms with van der Waals surface area (Å²) in [4.78, 5) is 29.8. The molecule has 0 aromatic heterocycles. The number of nitrogens with zero attached hydrogens (tertiary/aromatic N) is 1. The monoisotopic (exact) mass is 400 g/mol. The summed E-state index contributed by atoms with van der Waals surface area (Å²) in [5, 5.41) is 3.76. The Morgan fingerprint density at radius 3 is 2.37 bits per heavy atom. The Hall–Kier alpha value is -2.43. The van der Waals surface area contributed by atoms with Crippen molar-refractivity contribution in [3.05, 3.63) is 74.8 Å². The van der Waals surface area contributed by atoms with E-state index >= 15 is 0 Å². The smallest absolute Gasteiger partial charge is 0.255 e. The molecule has 0 radical (unpaired) electrons. The summed E-state index contributed by atoms with van der Waals surface area (Å²) in [5.74, 6) is -0.706. The van der Waals surface area contributed by atoms with Crippen molar-refractivity contribution in [1.29, 1.82) is 0 Å². The number of carbonyl (C=O) groups is 2. The van der Waals surface area contributed by atoms with Crippen LogP contribution in [0.3, 0.4) is 0 Å². The Bertz CT molecular complexity index is 970. The topological polar surface area (TPSA) is 58.5 Å². The van der Waals surface area contributed by atoms with Gasteiger partial charge in [0.2, 0.25) is 0 Å². The lowest BCUT2D eigenvalue weighted by atomic mass is 9.88. The van der Waals surface area contributed by atoms with Gasteiger partial charge in [0.05, 0.1) is 17.0 Å². The number of rotatable bonds is 4. The number of Topliss-reactive ketones (excluding diaryl/α,β-unsaturated/α-hetero) is 1. The van der Waals surface area contributed by atoms with E-state index in [2.05, 4.69) is 10.3 Å². The molecule has 0 spiro atoms. The van der Waals surface area contributed by atoms with Crippen LogP contribution in [0.5, 0.6) is 0 Å². The third kappa shape index (κ3) is 3.97. The highest BCUT2D eigenvalue weighted by molar-refractivity contribution is 6.37. The maximum atomic E-state index is 12.7. The zero-order chi connectivity index (χ0) is 19.6. The maximum Gasteiger partial charge on any atom is 0.255 e. The lowest BCUT2D eigenvalue weighted by Gasteiger charge is -2.17. The first-order valence-corrected chi connectivity index (χ1v) is 9.36. The van der Waals surface area contributed by atoms with Gasteiger partial charge in [-0.25, -0.2) is 4.99 Å². The Balaban J connectivity index is 2.12. The molecule has 138 valence electrons. The lowest BCUT2D eigenvalue weighted by Crippen LogP contribution is -2.32. The average Bonchev–Trinajstić information content (AvgIpc) is 2.66. The summed E-state index contributed by atoms with van der Waals surface area (Å²) in [6, 6.07) is 10.5. The molecule has 2 aromatic carbocycles. The molecule has 0 unspecified atom stereocenters. The van der Waals surface area contributed by atoms with Crippen molar-refractivity contribution in [2.75, 3.05) is 6.54 Å². The Morgan fingerprint density at radius 1 is 1.11 bits per heavy atom. The maximum absolute atomic E-state index is 12.7. The number of allylic oxidation sites excluding steroid dienone is 1. The van der Waals surface area contributed by atoms with E-state index in [9.17, 15) is 9.59 Å². The van der Waals surface area contributed by atoms with Crippen LogP contribution in [0.4, 0.5) is 5.69 Å². The first kappa shape index (κ1) is 19.3. The van der Waals surface area contributed by atoms with Gasteiger partial charge in [0.25, 0.3) is 5.91 Å². The fraction of sp³-hybridized carbons (Fsp3) is 0.190. The fourth-order valence-corrected chi connectivity index (χ4v) is 3.24. The second kappa shape index (κ2) is 8.07. The van der Waals surface area contributed by atoms with Crippen LogP contribution in [-0.2, 0) is 4.79 Å². The molecule has 0 saturated heterocycles. The third-order valence-corrected chi connectivity index (χ3v) is 5.05. The van der Waals surface area contributed by atoms with E-state index in [0.29, 0.717) is 39.1 Å². The number of fused-ring (bicyclic) bond motifs is 1. The fourth-order valence-electron chi connectivity index (χ4n) is 2.76. The standard InChI is InChI=1S/C21H18Cl2N2O2/c1-3-8-24-21(27)16-11-19(14-6-4-5-7-15(14)20(16)26)25-13-9-17(22)12(2)18(23)10-13/h4-7,9-11H,3,8H2,1-2H3,(H,24,27). The highest BCUT2D eigenvalue weighted by Crippen LogP contribution is 2.31. The molecule has 0 bridgehead atoms. The van der Waals surface area contributed by atoms with Crippen molar-refractivity contribution in [2.45, 2.75) is 20.3 Å². The lowest BCUT2D eigenvalue weighted by molar-refractivity contribution is -0.117. The van der Waals surface area contributed by atoms with Crippen LogP contribution in [0.15, 0.2) is 53.0 Å². The van der Waals surface area contributed by atoms with Gasteiger partial charge in [-0.3, -0.25) is 9.59 Å². The molecule has 1 aliphatic carbocycles. The third-order valence-electron chi connectivity index (χ3n) is 4.27. The molecule has 1 amide bonds. The molecule has 0 aliphatic heterocycles. The van der Waals surface area contributed by atoms with E-state index in [0.717, 1.165) is 12.0 Å². The van der Waals surface area contributed by atoms with E-state index in [1.54, 1.807) is 30.3 Å². The minimum Gasteiger partial charge on any atom is -0.352 e. The van der Waals surface area contributed by atoms with Crippen molar-refractivity contribution in [3.63, 3.8) is 0 Å². The molecular formula is C21H18Cl2N2O2. The average molecular weight is 401 g/mol. The Kier molecular flexibility index (Phi) is 5.78. The summed E-state index contributed by atoms with van der Waals surface area (Å²) in [7, 11) is 0. The predicted molar refractivity (Wildman–Crippen MR) is 110 cm³/mol. The van der Waals surface area contributed by atoms with Crippen molar-refractivity contribution in [2.24, 2.45) is 4.99 Å². The van der Waals surface area contributed by atoms with Crippen LogP contribution in [-0.4, -0.2) is 23.9 Å². The van der Waals surface area contributed by atoms with Crippen molar-refractivity contribution < 1.29 is 9.59 Å². The number of ketones is 1. The van der Waals surface area contributed by atoms with Crippen LogP contribution >= 0.6 is 23.2 Å². The molecule has 0 saturated carbocycles. The van der Waals surface area contributed by atoms with Crippen LogP contribution in [0.2, 0.25) is 10.0 Å². The molecular weight excluding hydrogens is 383 g/mol. The predicted octanol–water partition coefficient (Wildman–Crippen LogP) is 5.07. The number of amides is 1. The second-order valence-electron chi connectivity index (χ2n) is 6.22. The van der Waals surface area contributed by atoms with E-state index in [-0.39, 0.29) is 11.4 Å². The highest BCUT2D eigenvalue weighted by Gasteiger charge is 2.28. The number of nitrogens with one attached hydrogen (secondary N) is 1. The van der Waals surface area contributed by atoms with Gasteiger partial charge in [0.15, 0.2) is 5.78 Å². The van der Waals surface area contributed by atoms with E-state index in [1.165, 1.54) is 6.08 Å². The van der Waals surface area contributed by atoms with Crippen molar-refractivity contribution in [1.82, 2.24) is 5.32 Å². The summed E-state index contributed by atoms with van der Waals surface area (Å²) >= 11 is 12.4. The molecule has 6 heteroatoms. The molecule has 1 aliphatic rings. The van der Waals surface area contributed by atoms with Gasteiger partial charge in [-0.15, -0.1) is 0 Å². The molecule has 3 rings (SSSR count). The minimum atomic E-state index is -0.399. The number of halogens is 2. The number of carbonyl (C=O) groups excluding carboxylic acids is 2. The summed E-state index contributed by atoms with van der Waals surface area (Å²) in [5.41, 5.74) is 3.04. The van der Waals surface area contributed by atoms with Crippen molar-refractivity contribution in [3.8, 4) is 0 Å². The molecule has 0 heterocycles. The molecule has 0 fully saturated rings. The molecule has 4 nitrogen and oxygen atoms in total. The van der Waals surface area contributed by atoms with Crippen molar-refractivity contribution >= 4 is 46.3 Å². The minimum absolute atomic E-state index is 0.0743.